The van der Waals surface area contributed by atoms with Gasteiger partial charge in [-0.05, 0) is 6.92 Å². The number of aromatic nitrogens is 3. The summed E-state index contributed by atoms with van der Waals surface area (Å²) in [7, 11) is 0. The van der Waals surface area contributed by atoms with Crippen LogP contribution in [0.2, 0.25) is 0 Å². The second kappa shape index (κ2) is 6.46. The third kappa shape index (κ3) is 3.51. The van der Waals surface area contributed by atoms with E-state index >= 15 is 0 Å². The minimum Gasteiger partial charge on any atom is -0.353 e. The predicted octanol–water partition coefficient (Wildman–Crippen LogP) is -1.14. The number of carbonyl (C=O) groups excluding carboxylic acids is 1. The molecule has 100 valence electrons. The Kier molecular flexibility index (Phi) is 4.66. The highest BCUT2D eigenvalue weighted by Crippen LogP contribution is 2.01. The van der Waals surface area contributed by atoms with Crippen molar-refractivity contribution < 1.29 is 4.79 Å². The molecular weight excluding hydrogens is 232 g/mol. The van der Waals surface area contributed by atoms with Gasteiger partial charge in [0.15, 0.2) is 0 Å². The monoisotopic (exact) mass is 252 g/mol. The van der Waals surface area contributed by atoms with Gasteiger partial charge in [0.05, 0.1) is 0 Å². The summed E-state index contributed by atoms with van der Waals surface area (Å²) in [4.78, 5) is 18.0. The van der Waals surface area contributed by atoms with Crippen LogP contribution in [0.1, 0.15) is 13.0 Å². The molecule has 0 aliphatic carbocycles. The van der Waals surface area contributed by atoms with E-state index in [4.69, 9.17) is 0 Å². The molecule has 2 rings (SSSR count). The van der Waals surface area contributed by atoms with Crippen molar-refractivity contribution in [2.75, 3.05) is 39.3 Å². The summed E-state index contributed by atoms with van der Waals surface area (Å²) >= 11 is 0. The molecule has 0 aromatic carbocycles. The topological polar surface area (TPSA) is 75.1 Å². The van der Waals surface area contributed by atoms with E-state index in [0.29, 0.717) is 6.54 Å². The molecular formula is C11H20N6O. The van der Waals surface area contributed by atoms with Crippen molar-refractivity contribution in [3.05, 3.63) is 12.7 Å². The van der Waals surface area contributed by atoms with Crippen molar-refractivity contribution in [1.82, 2.24) is 30.3 Å². The van der Waals surface area contributed by atoms with E-state index < -0.39 is 0 Å². The van der Waals surface area contributed by atoms with Crippen LogP contribution in [-0.4, -0.2) is 64.8 Å². The molecule has 18 heavy (non-hydrogen) atoms. The van der Waals surface area contributed by atoms with Gasteiger partial charge in [-0.3, -0.25) is 9.69 Å². The Labute approximate surface area is 107 Å². The SMILES string of the molecule is CC(C(=O)NCCN1CCNCC1)n1cncn1. The van der Waals surface area contributed by atoms with Crippen LogP contribution < -0.4 is 10.6 Å². The third-order valence-electron chi connectivity index (χ3n) is 3.15. The van der Waals surface area contributed by atoms with Crippen molar-refractivity contribution >= 4 is 5.91 Å². The highest BCUT2D eigenvalue weighted by Gasteiger charge is 2.15. The fraction of sp³-hybridized carbons (Fsp3) is 0.727. The minimum atomic E-state index is -0.310. The average Bonchev–Trinajstić information content (AvgIpc) is 2.93. The lowest BCUT2D eigenvalue weighted by Gasteiger charge is -2.27. The highest BCUT2D eigenvalue weighted by molar-refractivity contribution is 5.79. The van der Waals surface area contributed by atoms with E-state index in [1.807, 2.05) is 6.92 Å². The van der Waals surface area contributed by atoms with Gasteiger partial charge < -0.3 is 10.6 Å². The maximum Gasteiger partial charge on any atom is 0.244 e. The third-order valence-corrected chi connectivity index (χ3v) is 3.15. The van der Waals surface area contributed by atoms with Crippen molar-refractivity contribution in [3.63, 3.8) is 0 Å². The van der Waals surface area contributed by atoms with E-state index in [-0.39, 0.29) is 11.9 Å². The lowest BCUT2D eigenvalue weighted by molar-refractivity contribution is -0.124. The molecule has 7 nitrogen and oxygen atoms in total. The number of amides is 1. The van der Waals surface area contributed by atoms with Crippen LogP contribution >= 0.6 is 0 Å². The van der Waals surface area contributed by atoms with Crippen LogP contribution in [0.5, 0.6) is 0 Å². The maximum atomic E-state index is 11.9. The van der Waals surface area contributed by atoms with Crippen LogP contribution in [-0.2, 0) is 4.79 Å². The lowest BCUT2D eigenvalue weighted by atomic mass is 10.3. The van der Waals surface area contributed by atoms with E-state index in [1.165, 1.54) is 6.33 Å². The molecule has 7 heteroatoms. The Morgan fingerprint density at radius 2 is 2.28 bits per heavy atom. The number of hydrogen-bond acceptors (Lipinski definition) is 5. The summed E-state index contributed by atoms with van der Waals surface area (Å²) in [5, 5.41) is 10.2. The first kappa shape index (κ1) is 13.0. The van der Waals surface area contributed by atoms with Crippen molar-refractivity contribution in [2.45, 2.75) is 13.0 Å². The summed E-state index contributed by atoms with van der Waals surface area (Å²) in [5.41, 5.74) is 0. The quantitative estimate of drug-likeness (QED) is 0.693. The molecule has 1 saturated heterocycles. The Morgan fingerprint density at radius 1 is 1.50 bits per heavy atom. The van der Waals surface area contributed by atoms with Crippen molar-refractivity contribution in [1.29, 1.82) is 0 Å². The molecule has 1 aliphatic rings. The van der Waals surface area contributed by atoms with Gasteiger partial charge in [-0.1, -0.05) is 0 Å². The van der Waals surface area contributed by atoms with Crippen molar-refractivity contribution in [2.24, 2.45) is 0 Å². The van der Waals surface area contributed by atoms with Gasteiger partial charge >= 0.3 is 0 Å². The minimum absolute atomic E-state index is 0.0179. The van der Waals surface area contributed by atoms with Gasteiger partial charge in [-0.15, -0.1) is 0 Å². The first-order valence-corrected chi connectivity index (χ1v) is 6.32. The van der Waals surface area contributed by atoms with Crippen LogP contribution in [0.15, 0.2) is 12.7 Å². The average molecular weight is 252 g/mol. The zero-order valence-electron chi connectivity index (χ0n) is 10.7. The Balaban J connectivity index is 1.68. The second-order valence-corrected chi connectivity index (χ2v) is 4.43. The van der Waals surface area contributed by atoms with E-state index in [9.17, 15) is 4.79 Å². The molecule has 1 fully saturated rings. The molecule has 1 aromatic heterocycles. The van der Waals surface area contributed by atoms with E-state index in [2.05, 4.69) is 25.6 Å². The molecule has 0 bridgehead atoms. The first-order chi connectivity index (χ1) is 8.77. The maximum absolute atomic E-state index is 11.9. The second-order valence-electron chi connectivity index (χ2n) is 4.43. The molecule has 1 aliphatic heterocycles. The molecule has 2 heterocycles. The summed E-state index contributed by atoms with van der Waals surface area (Å²) in [6, 6.07) is -0.310. The summed E-state index contributed by atoms with van der Waals surface area (Å²) in [6.07, 6.45) is 2.99. The Morgan fingerprint density at radius 3 is 2.94 bits per heavy atom. The zero-order valence-corrected chi connectivity index (χ0v) is 10.7. The van der Waals surface area contributed by atoms with Gasteiger partial charge in [-0.25, -0.2) is 9.67 Å². The summed E-state index contributed by atoms with van der Waals surface area (Å²) < 4.78 is 1.56. The van der Waals surface area contributed by atoms with E-state index in [1.54, 1.807) is 11.0 Å². The summed E-state index contributed by atoms with van der Waals surface area (Å²) in [5.74, 6) is -0.0179. The molecule has 1 amide bonds. The predicted molar refractivity (Wildman–Crippen MR) is 67.1 cm³/mol. The fourth-order valence-electron chi connectivity index (χ4n) is 1.96. The standard InChI is InChI=1S/C11H20N6O/c1-10(17-9-13-8-15-17)11(18)14-4-7-16-5-2-12-3-6-16/h8-10,12H,2-7H2,1H3,(H,14,18). The molecule has 1 aromatic rings. The van der Waals surface area contributed by atoms with Gasteiger partial charge in [0, 0.05) is 39.3 Å². The molecule has 0 spiro atoms. The number of rotatable bonds is 5. The van der Waals surface area contributed by atoms with Crippen LogP contribution in [0, 0.1) is 0 Å². The largest absolute Gasteiger partial charge is 0.353 e. The lowest BCUT2D eigenvalue weighted by Crippen LogP contribution is -2.46. The molecule has 1 atom stereocenters. The Bertz CT molecular complexity index is 360. The fourth-order valence-corrected chi connectivity index (χ4v) is 1.96. The van der Waals surface area contributed by atoms with Crippen molar-refractivity contribution in [3.8, 4) is 0 Å². The smallest absolute Gasteiger partial charge is 0.244 e. The van der Waals surface area contributed by atoms with Gasteiger partial charge in [-0.2, -0.15) is 5.10 Å². The number of hydrogen-bond donors (Lipinski definition) is 2. The first-order valence-electron chi connectivity index (χ1n) is 6.32. The number of nitrogens with zero attached hydrogens (tertiary/aromatic N) is 4. The van der Waals surface area contributed by atoms with E-state index in [0.717, 1.165) is 32.7 Å². The number of piperazine rings is 1. The molecule has 0 radical (unpaired) electrons. The van der Waals surface area contributed by atoms with Crippen LogP contribution in [0.25, 0.3) is 0 Å². The molecule has 0 saturated carbocycles. The normalized spacial score (nSPS) is 18.5. The van der Waals surface area contributed by atoms with Gasteiger partial charge in [0.2, 0.25) is 5.91 Å². The van der Waals surface area contributed by atoms with Gasteiger partial charge in [0.1, 0.15) is 18.7 Å². The highest BCUT2D eigenvalue weighted by atomic mass is 16.2. The van der Waals surface area contributed by atoms with Crippen LogP contribution in [0.3, 0.4) is 0 Å². The van der Waals surface area contributed by atoms with Crippen LogP contribution in [0.4, 0.5) is 0 Å². The Hall–Kier alpha value is -1.47. The number of carbonyl (C=O) groups is 1. The molecule has 2 N–H and O–H groups in total. The molecule has 1 unspecified atom stereocenters. The summed E-state index contributed by atoms with van der Waals surface area (Å²) in [6.45, 7) is 7.56. The number of nitrogens with one attached hydrogen (secondary N) is 2. The zero-order chi connectivity index (χ0) is 12.8. The van der Waals surface area contributed by atoms with Gasteiger partial charge in [0.25, 0.3) is 0 Å².